The lowest BCUT2D eigenvalue weighted by Gasteiger charge is -2.12. The lowest BCUT2D eigenvalue weighted by atomic mass is 10.1. The van der Waals surface area contributed by atoms with E-state index in [4.69, 9.17) is 9.84 Å². The number of hydrogen-bond acceptors (Lipinski definition) is 2. The Labute approximate surface area is 139 Å². The molecule has 108 valence electrons. The molecule has 2 aromatic rings. The zero-order valence-electron chi connectivity index (χ0n) is 11.1. The third kappa shape index (κ3) is 4.44. The highest BCUT2D eigenvalue weighted by molar-refractivity contribution is 9.10. The summed E-state index contributed by atoms with van der Waals surface area (Å²) in [5.74, 6) is 0.326. The monoisotopic (exact) mass is 410 g/mol. The van der Waals surface area contributed by atoms with E-state index in [0.717, 1.165) is 26.3 Å². The highest BCUT2D eigenvalue weighted by Gasteiger charge is 2.07. The van der Waals surface area contributed by atoms with Crippen LogP contribution in [0.25, 0.3) is 6.08 Å². The van der Waals surface area contributed by atoms with Gasteiger partial charge in [-0.2, -0.15) is 0 Å². The summed E-state index contributed by atoms with van der Waals surface area (Å²) in [5, 5.41) is 8.75. The Morgan fingerprint density at radius 2 is 1.71 bits per heavy atom. The van der Waals surface area contributed by atoms with Crippen molar-refractivity contribution in [1.29, 1.82) is 0 Å². The number of aliphatic carboxylic acids is 1. The molecule has 0 heterocycles. The van der Waals surface area contributed by atoms with Crippen molar-refractivity contribution in [3.8, 4) is 11.5 Å². The molecule has 21 heavy (non-hydrogen) atoms. The Hall–Kier alpha value is -1.59. The Kier molecular flexibility index (Phi) is 5.20. The SMILES string of the molecule is Cc1cc(Br)ccc1Oc1ccc(Br)cc1/C=C/C(=O)O. The zero-order valence-corrected chi connectivity index (χ0v) is 14.3. The molecular weight excluding hydrogens is 400 g/mol. The standard InChI is InChI=1S/C16H12Br2O3/c1-10-8-12(17)3-5-14(10)21-15-6-4-13(18)9-11(15)2-7-16(19)20/h2-9H,1H3,(H,19,20)/b7-2+. The average molecular weight is 412 g/mol. The van der Waals surface area contributed by atoms with Crippen LogP contribution in [0.5, 0.6) is 11.5 Å². The Balaban J connectivity index is 2.37. The number of carboxylic acid groups (broad SMARTS) is 1. The van der Waals surface area contributed by atoms with E-state index in [1.54, 1.807) is 6.07 Å². The predicted molar refractivity (Wildman–Crippen MR) is 89.8 cm³/mol. The highest BCUT2D eigenvalue weighted by atomic mass is 79.9. The molecular formula is C16H12Br2O3. The maximum absolute atomic E-state index is 10.7. The van der Waals surface area contributed by atoms with Gasteiger partial charge in [-0.1, -0.05) is 31.9 Å². The quantitative estimate of drug-likeness (QED) is 0.684. The number of rotatable bonds is 4. The summed E-state index contributed by atoms with van der Waals surface area (Å²) in [6.45, 7) is 1.95. The maximum Gasteiger partial charge on any atom is 0.328 e. The number of halogens is 2. The van der Waals surface area contributed by atoms with Gasteiger partial charge in [0, 0.05) is 20.6 Å². The van der Waals surface area contributed by atoms with Gasteiger partial charge < -0.3 is 9.84 Å². The molecule has 5 heteroatoms. The van der Waals surface area contributed by atoms with Gasteiger partial charge >= 0.3 is 5.97 Å². The van der Waals surface area contributed by atoms with Crippen LogP contribution in [0.2, 0.25) is 0 Å². The van der Waals surface area contributed by atoms with E-state index < -0.39 is 5.97 Å². The minimum atomic E-state index is -0.999. The molecule has 0 aliphatic heterocycles. The van der Waals surface area contributed by atoms with Crippen molar-refractivity contribution < 1.29 is 14.6 Å². The molecule has 0 amide bonds. The smallest absolute Gasteiger partial charge is 0.328 e. The largest absolute Gasteiger partial charge is 0.478 e. The molecule has 2 rings (SSSR count). The van der Waals surface area contributed by atoms with Gasteiger partial charge in [0.2, 0.25) is 0 Å². The van der Waals surface area contributed by atoms with Crippen molar-refractivity contribution in [1.82, 2.24) is 0 Å². The first-order valence-electron chi connectivity index (χ1n) is 6.10. The van der Waals surface area contributed by atoms with Crippen LogP contribution in [0, 0.1) is 6.92 Å². The fourth-order valence-corrected chi connectivity index (χ4v) is 2.60. The van der Waals surface area contributed by atoms with Crippen LogP contribution in [0.3, 0.4) is 0 Å². The van der Waals surface area contributed by atoms with E-state index in [0.29, 0.717) is 11.3 Å². The lowest BCUT2D eigenvalue weighted by Crippen LogP contribution is -1.91. The van der Waals surface area contributed by atoms with Crippen LogP contribution in [0.15, 0.2) is 51.4 Å². The maximum atomic E-state index is 10.7. The Bertz CT molecular complexity index is 709. The number of carbonyl (C=O) groups is 1. The molecule has 1 N–H and O–H groups in total. The third-order valence-electron chi connectivity index (χ3n) is 2.73. The fraction of sp³-hybridized carbons (Fsp3) is 0.0625. The number of hydrogen-bond donors (Lipinski definition) is 1. The van der Waals surface area contributed by atoms with Crippen LogP contribution in [-0.2, 0) is 4.79 Å². The van der Waals surface area contributed by atoms with E-state index in [1.807, 2.05) is 37.3 Å². The highest BCUT2D eigenvalue weighted by Crippen LogP contribution is 2.31. The van der Waals surface area contributed by atoms with E-state index >= 15 is 0 Å². The van der Waals surface area contributed by atoms with Gasteiger partial charge in [0.25, 0.3) is 0 Å². The second-order valence-corrected chi connectivity index (χ2v) is 6.20. The van der Waals surface area contributed by atoms with Gasteiger partial charge in [-0.3, -0.25) is 0 Å². The first-order valence-corrected chi connectivity index (χ1v) is 7.69. The molecule has 0 radical (unpaired) electrons. The number of carboxylic acids is 1. The van der Waals surface area contributed by atoms with Gasteiger partial charge in [0.1, 0.15) is 11.5 Å². The average Bonchev–Trinajstić information content (AvgIpc) is 2.41. The molecule has 0 aliphatic carbocycles. The van der Waals surface area contributed by atoms with Crippen LogP contribution < -0.4 is 4.74 Å². The second kappa shape index (κ2) is 6.91. The summed E-state index contributed by atoms with van der Waals surface area (Å²) >= 11 is 6.78. The molecule has 0 aliphatic rings. The molecule has 0 bridgehead atoms. The van der Waals surface area contributed by atoms with Crippen LogP contribution in [0.4, 0.5) is 0 Å². The third-order valence-corrected chi connectivity index (χ3v) is 3.72. The summed E-state index contributed by atoms with van der Waals surface area (Å²) < 4.78 is 7.73. The Morgan fingerprint density at radius 3 is 2.33 bits per heavy atom. The molecule has 3 nitrogen and oxygen atoms in total. The first kappa shape index (κ1) is 15.8. The van der Waals surface area contributed by atoms with E-state index in [1.165, 1.54) is 6.08 Å². The minimum Gasteiger partial charge on any atom is -0.478 e. The second-order valence-electron chi connectivity index (χ2n) is 4.37. The molecule has 0 atom stereocenters. The first-order chi connectivity index (χ1) is 9.95. The number of ether oxygens (including phenoxy) is 1. The summed E-state index contributed by atoms with van der Waals surface area (Å²) in [5.41, 5.74) is 1.68. The summed E-state index contributed by atoms with van der Waals surface area (Å²) in [7, 11) is 0. The van der Waals surface area contributed by atoms with Crippen LogP contribution in [0.1, 0.15) is 11.1 Å². The summed E-state index contributed by atoms with van der Waals surface area (Å²) in [4.78, 5) is 10.7. The van der Waals surface area contributed by atoms with Gasteiger partial charge in [-0.05, 0) is 55.0 Å². The van der Waals surface area contributed by atoms with E-state index in [-0.39, 0.29) is 0 Å². The minimum absolute atomic E-state index is 0.598. The molecule has 0 saturated carbocycles. The topological polar surface area (TPSA) is 46.5 Å². The van der Waals surface area contributed by atoms with Gasteiger partial charge in [0.15, 0.2) is 0 Å². The molecule has 0 fully saturated rings. The van der Waals surface area contributed by atoms with Gasteiger partial charge in [0.05, 0.1) is 0 Å². The van der Waals surface area contributed by atoms with Crippen molar-refractivity contribution in [2.75, 3.05) is 0 Å². The van der Waals surface area contributed by atoms with Crippen molar-refractivity contribution in [3.05, 3.63) is 62.5 Å². The van der Waals surface area contributed by atoms with Crippen molar-refractivity contribution in [3.63, 3.8) is 0 Å². The number of aryl methyl sites for hydroxylation is 1. The van der Waals surface area contributed by atoms with Gasteiger partial charge in [-0.25, -0.2) is 4.79 Å². The van der Waals surface area contributed by atoms with Crippen molar-refractivity contribution in [2.45, 2.75) is 6.92 Å². The van der Waals surface area contributed by atoms with Crippen molar-refractivity contribution in [2.24, 2.45) is 0 Å². The van der Waals surface area contributed by atoms with E-state index in [2.05, 4.69) is 31.9 Å². The number of benzene rings is 2. The van der Waals surface area contributed by atoms with Crippen LogP contribution >= 0.6 is 31.9 Å². The molecule has 0 unspecified atom stereocenters. The van der Waals surface area contributed by atoms with Gasteiger partial charge in [-0.15, -0.1) is 0 Å². The molecule has 0 aromatic heterocycles. The summed E-state index contributed by atoms with van der Waals surface area (Å²) in [6.07, 6.45) is 2.60. The lowest BCUT2D eigenvalue weighted by molar-refractivity contribution is -0.131. The van der Waals surface area contributed by atoms with E-state index in [9.17, 15) is 4.79 Å². The van der Waals surface area contributed by atoms with Crippen LogP contribution in [-0.4, -0.2) is 11.1 Å². The normalized spacial score (nSPS) is 10.8. The zero-order chi connectivity index (χ0) is 15.4. The molecule has 0 saturated heterocycles. The molecule has 2 aromatic carbocycles. The predicted octanol–water partition coefficient (Wildman–Crippen LogP) is 5.41. The molecule has 0 spiro atoms. The Morgan fingerprint density at radius 1 is 1.10 bits per heavy atom. The summed E-state index contributed by atoms with van der Waals surface area (Å²) in [6, 6.07) is 11.2. The fourth-order valence-electron chi connectivity index (χ4n) is 1.75. The van der Waals surface area contributed by atoms with Crippen molar-refractivity contribution >= 4 is 43.9 Å².